The molecule has 0 amide bonds. The molecule has 10 heteroatoms. The molecule has 0 radical (unpaired) electrons. The molecule has 6 rings (SSSR count). The van der Waals surface area contributed by atoms with Crippen LogP contribution in [0.3, 0.4) is 0 Å². The number of fused-ring (bicyclic) bond motifs is 1. The smallest absolute Gasteiger partial charge is 0.225 e. The number of aliphatic hydroxyl groups excluding tert-OH is 3. The van der Waals surface area contributed by atoms with Gasteiger partial charge in [0.1, 0.15) is 22.4 Å². The molecular weight excluding hydrogens is 488 g/mol. The van der Waals surface area contributed by atoms with E-state index < -0.39 is 24.2 Å². The zero-order valence-electron chi connectivity index (χ0n) is 20.5. The lowest BCUT2D eigenvalue weighted by atomic mass is 9.76. The first kappa shape index (κ1) is 24.2. The molecule has 3 heterocycles. The quantitative estimate of drug-likeness (QED) is 0.249. The van der Waals surface area contributed by atoms with Gasteiger partial charge in [0.25, 0.3) is 0 Å². The molecule has 2 saturated carbocycles. The van der Waals surface area contributed by atoms with E-state index in [0.29, 0.717) is 24.1 Å². The summed E-state index contributed by atoms with van der Waals surface area (Å²) < 4.78 is 1.01. The van der Waals surface area contributed by atoms with Gasteiger partial charge in [0.15, 0.2) is 0 Å². The van der Waals surface area contributed by atoms with Crippen LogP contribution in [0.2, 0.25) is 0 Å². The molecule has 1 aromatic carbocycles. The molecule has 0 aliphatic heterocycles. The van der Waals surface area contributed by atoms with Crippen molar-refractivity contribution in [1.82, 2.24) is 19.9 Å². The van der Waals surface area contributed by atoms with Crippen LogP contribution in [0.15, 0.2) is 48.8 Å². The molecule has 0 unspecified atom stereocenters. The van der Waals surface area contributed by atoms with Crippen molar-refractivity contribution in [3.8, 4) is 10.6 Å². The third kappa shape index (κ3) is 4.66. The van der Waals surface area contributed by atoms with Crippen LogP contribution in [0, 0.1) is 12.8 Å². The van der Waals surface area contributed by atoms with E-state index >= 15 is 0 Å². The van der Waals surface area contributed by atoms with Gasteiger partial charge < -0.3 is 26.0 Å². The Hall–Kier alpha value is -3.18. The third-order valence-corrected chi connectivity index (χ3v) is 8.65. The number of rotatable bonds is 7. The standard InChI is InChI=1S/C27H30N6O3S/c1-14-22(26-32-20-12-28-8-7-21(20)37-26)25(31-19-11-17(13-34)23(35)24(19)36)33-27(29-14)30-18-9-16(10-18)15-5-3-2-4-6-15/h2-8,12,16-19,23-24,34-36H,9-11,13H2,1H3,(H2,29,30,31,33)/t16?,17-,18?,19-,23-,24+/m1/s1. The van der Waals surface area contributed by atoms with Crippen molar-refractivity contribution in [3.05, 3.63) is 60.0 Å². The largest absolute Gasteiger partial charge is 0.396 e. The maximum absolute atomic E-state index is 10.7. The summed E-state index contributed by atoms with van der Waals surface area (Å²) in [5.74, 6) is 1.21. The zero-order chi connectivity index (χ0) is 25.5. The minimum absolute atomic E-state index is 0.187. The maximum atomic E-state index is 10.7. The van der Waals surface area contributed by atoms with E-state index in [4.69, 9.17) is 15.0 Å². The van der Waals surface area contributed by atoms with E-state index in [1.54, 1.807) is 12.4 Å². The molecule has 4 aromatic rings. The molecule has 2 aliphatic rings. The molecule has 192 valence electrons. The predicted octanol–water partition coefficient (Wildman–Crippen LogP) is 3.33. The average molecular weight is 519 g/mol. The van der Waals surface area contributed by atoms with Gasteiger partial charge in [0.2, 0.25) is 5.95 Å². The fraction of sp³-hybridized carbons (Fsp3) is 0.407. The highest BCUT2D eigenvalue weighted by molar-refractivity contribution is 7.21. The molecule has 3 aromatic heterocycles. The highest BCUT2D eigenvalue weighted by Gasteiger charge is 2.41. The Kier molecular flexibility index (Phi) is 6.49. The highest BCUT2D eigenvalue weighted by atomic mass is 32.1. The summed E-state index contributed by atoms with van der Waals surface area (Å²) >= 11 is 1.53. The van der Waals surface area contributed by atoms with Gasteiger partial charge in [-0.25, -0.2) is 9.97 Å². The second-order valence-electron chi connectivity index (χ2n) is 10.0. The molecular formula is C27H30N6O3S. The average Bonchev–Trinajstić information content (AvgIpc) is 3.42. The Bertz CT molecular complexity index is 1360. The second kappa shape index (κ2) is 9.94. The topological polar surface area (TPSA) is 136 Å². The minimum Gasteiger partial charge on any atom is -0.396 e. The first-order chi connectivity index (χ1) is 18.0. The van der Waals surface area contributed by atoms with Crippen molar-refractivity contribution in [2.24, 2.45) is 5.92 Å². The molecule has 9 nitrogen and oxygen atoms in total. The number of nitrogens with one attached hydrogen (secondary N) is 2. The Morgan fingerprint density at radius 3 is 2.51 bits per heavy atom. The van der Waals surface area contributed by atoms with E-state index in [1.807, 2.05) is 19.1 Å². The number of aliphatic hydroxyl groups is 3. The Balaban J connectivity index is 1.30. The lowest BCUT2D eigenvalue weighted by molar-refractivity contribution is 0.00446. The molecule has 0 bridgehead atoms. The summed E-state index contributed by atoms with van der Waals surface area (Å²) in [6.45, 7) is 1.75. The fourth-order valence-electron chi connectivity index (χ4n) is 5.42. The number of hydrogen-bond donors (Lipinski definition) is 5. The van der Waals surface area contributed by atoms with Gasteiger partial charge in [-0.1, -0.05) is 30.3 Å². The van der Waals surface area contributed by atoms with Crippen LogP contribution in [0.4, 0.5) is 11.8 Å². The van der Waals surface area contributed by atoms with Crippen LogP contribution in [-0.2, 0) is 0 Å². The van der Waals surface area contributed by atoms with Crippen molar-refractivity contribution in [1.29, 1.82) is 0 Å². The van der Waals surface area contributed by atoms with Crippen LogP contribution in [-0.4, -0.2) is 66.2 Å². The molecule has 0 saturated heterocycles. The van der Waals surface area contributed by atoms with Gasteiger partial charge in [0.05, 0.1) is 34.3 Å². The number of pyridine rings is 1. The number of hydrogen-bond acceptors (Lipinski definition) is 10. The minimum atomic E-state index is -1.02. The molecule has 5 N–H and O–H groups in total. The SMILES string of the molecule is Cc1nc(NC2CC(c3ccccc3)C2)nc(N[C@@H]2C[C@H](CO)[C@@H](O)[C@H]2O)c1-c1nc2cnccc2s1. The summed E-state index contributed by atoms with van der Waals surface area (Å²) in [5.41, 5.74) is 3.68. The number of aryl methyl sites for hydroxylation is 1. The Labute approximate surface area is 218 Å². The van der Waals surface area contributed by atoms with Gasteiger partial charge >= 0.3 is 0 Å². The fourth-order valence-corrected chi connectivity index (χ4v) is 6.46. The summed E-state index contributed by atoms with van der Waals surface area (Å²) in [7, 11) is 0. The number of nitrogens with zero attached hydrogens (tertiary/aromatic N) is 4. The summed E-state index contributed by atoms with van der Waals surface area (Å²) in [4.78, 5) is 18.6. The van der Waals surface area contributed by atoms with Crippen LogP contribution >= 0.6 is 11.3 Å². The molecule has 37 heavy (non-hydrogen) atoms. The highest BCUT2D eigenvalue weighted by Crippen LogP contribution is 2.40. The van der Waals surface area contributed by atoms with Crippen molar-refractivity contribution >= 4 is 33.3 Å². The maximum Gasteiger partial charge on any atom is 0.225 e. The monoisotopic (exact) mass is 518 g/mol. The van der Waals surface area contributed by atoms with Gasteiger partial charge in [-0.3, -0.25) is 4.98 Å². The number of aromatic nitrogens is 4. The lowest BCUT2D eigenvalue weighted by Crippen LogP contribution is -2.36. The Morgan fingerprint density at radius 1 is 0.973 bits per heavy atom. The van der Waals surface area contributed by atoms with E-state index in [1.165, 1.54) is 16.9 Å². The summed E-state index contributed by atoms with van der Waals surface area (Å²) in [6, 6.07) is 12.3. The predicted molar refractivity (Wildman–Crippen MR) is 144 cm³/mol. The van der Waals surface area contributed by atoms with Crippen molar-refractivity contribution in [3.63, 3.8) is 0 Å². The van der Waals surface area contributed by atoms with Crippen LogP contribution in [0.25, 0.3) is 20.8 Å². The molecule has 2 fully saturated rings. The first-order valence-electron chi connectivity index (χ1n) is 12.6. The van der Waals surface area contributed by atoms with Crippen molar-refractivity contribution < 1.29 is 15.3 Å². The van der Waals surface area contributed by atoms with Gasteiger partial charge in [-0.2, -0.15) is 4.98 Å². The summed E-state index contributed by atoms with van der Waals surface area (Å²) in [5, 5.41) is 38.3. The normalized spacial score (nSPS) is 27.2. The number of anilines is 2. The number of benzene rings is 1. The zero-order valence-corrected chi connectivity index (χ0v) is 21.3. The van der Waals surface area contributed by atoms with E-state index in [9.17, 15) is 15.3 Å². The number of thiazole rings is 1. The third-order valence-electron chi connectivity index (χ3n) is 7.59. The van der Waals surface area contributed by atoms with Gasteiger partial charge in [-0.15, -0.1) is 11.3 Å². The first-order valence-corrected chi connectivity index (χ1v) is 13.5. The van der Waals surface area contributed by atoms with Crippen molar-refractivity contribution in [2.45, 2.75) is 56.4 Å². The van der Waals surface area contributed by atoms with Gasteiger partial charge in [-0.05, 0) is 43.7 Å². The molecule has 2 aliphatic carbocycles. The van der Waals surface area contributed by atoms with Crippen LogP contribution in [0.1, 0.15) is 36.4 Å². The van der Waals surface area contributed by atoms with Crippen LogP contribution in [0.5, 0.6) is 0 Å². The summed E-state index contributed by atoms with van der Waals surface area (Å²) in [6.07, 6.45) is 3.90. The van der Waals surface area contributed by atoms with E-state index in [0.717, 1.165) is 39.3 Å². The van der Waals surface area contributed by atoms with E-state index in [2.05, 4.69) is 39.9 Å². The van der Waals surface area contributed by atoms with Crippen molar-refractivity contribution in [2.75, 3.05) is 17.2 Å². The van der Waals surface area contributed by atoms with Crippen LogP contribution < -0.4 is 10.6 Å². The molecule has 0 spiro atoms. The lowest BCUT2D eigenvalue weighted by Gasteiger charge is -2.36. The van der Waals surface area contributed by atoms with E-state index in [-0.39, 0.29) is 12.6 Å². The molecule has 4 atom stereocenters. The Morgan fingerprint density at radius 2 is 1.78 bits per heavy atom. The second-order valence-corrected chi connectivity index (χ2v) is 11.1. The van der Waals surface area contributed by atoms with Gasteiger partial charge in [0, 0.05) is 24.8 Å².